The fourth-order valence-corrected chi connectivity index (χ4v) is 4.46. The van der Waals surface area contributed by atoms with E-state index in [0.29, 0.717) is 24.2 Å². The Balaban J connectivity index is 1.40. The molecule has 0 bridgehead atoms. The monoisotopic (exact) mass is 322 g/mol. The van der Waals surface area contributed by atoms with Crippen LogP contribution < -0.4 is 5.32 Å². The quantitative estimate of drug-likeness (QED) is 0.868. The van der Waals surface area contributed by atoms with Crippen molar-refractivity contribution in [2.24, 2.45) is 11.8 Å². The van der Waals surface area contributed by atoms with E-state index in [1.165, 1.54) is 25.7 Å². The minimum Gasteiger partial charge on any atom is -0.375 e. The molecule has 23 heavy (non-hydrogen) atoms. The number of carbonyl (C=O) groups excluding carboxylic acids is 1. The third-order valence-electron chi connectivity index (χ3n) is 6.07. The van der Waals surface area contributed by atoms with Gasteiger partial charge in [0, 0.05) is 25.0 Å². The lowest BCUT2D eigenvalue weighted by molar-refractivity contribution is -0.140. The first-order valence-electron chi connectivity index (χ1n) is 9.79. The molecule has 0 unspecified atom stereocenters. The van der Waals surface area contributed by atoms with Crippen molar-refractivity contribution >= 4 is 5.91 Å². The zero-order valence-corrected chi connectivity index (χ0v) is 14.9. The van der Waals surface area contributed by atoms with E-state index >= 15 is 0 Å². The highest BCUT2D eigenvalue weighted by Gasteiger charge is 2.32. The van der Waals surface area contributed by atoms with E-state index in [4.69, 9.17) is 4.74 Å². The Bertz CT molecular complexity index is 385. The molecule has 3 rings (SSSR count). The van der Waals surface area contributed by atoms with Crippen molar-refractivity contribution in [1.29, 1.82) is 0 Å². The van der Waals surface area contributed by atoms with Crippen LogP contribution in [0.2, 0.25) is 0 Å². The summed E-state index contributed by atoms with van der Waals surface area (Å²) in [4.78, 5) is 14.8. The summed E-state index contributed by atoms with van der Waals surface area (Å²) >= 11 is 0. The third-order valence-corrected chi connectivity index (χ3v) is 6.07. The number of nitrogens with one attached hydrogen (secondary N) is 1. The van der Waals surface area contributed by atoms with Crippen LogP contribution >= 0.6 is 0 Å². The summed E-state index contributed by atoms with van der Waals surface area (Å²) in [5.41, 5.74) is 0. The van der Waals surface area contributed by atoms with Crippen molar-refractivity contribution in [1.82, 2.24) is 10.2 Å². The normalized spacial score (nSPS) is 36.9. The second-order valence-corrected chi connectivity index (χ2v) is 8.12. The molecule has 2 aliphatic heterocycles. The number of carbonyl (C=O) groups is 1. The average Bonchev–Trinajstić information content (AvgIpc) is 2.57. The summed E-state index contributed by atoms with van der Waals surface area (Å²) in [5.74, 6) is 1.51. The topological polar surface area (TPSA) is 41.6 Å². The van der Waals surface area contributed by atoms with Gasteiger partial charge in [0.1, 0.15) is 0 Å². The summed E-state index contributed by atoms with van der Waals surface area (Å²) in [6, 6.07) is 0.479. The maximum Gasteiger partial charge on any atom is 0.225 e. The summed E-state index contributed by atoms with van der Waals surface area (Å²) < 4.78 is 6.32. The second kappa shape index (κ2) is 7.98. The van der Waals surface area contributed by atoms with Crippen molar-refractivity contribution in [2.45, 2.75) is 83.5 Å². The lowest BCUT2D eigenvalue weighted by Crippen LogP contribution is -2.48. The molecule has 3 fully saturated rings. The van der Waals surface area contributed by atoms with Crippen molar-refractivity contribution in [3.05, 3.63) is 0 Å². The van der Waals surface area contributed by atoms with Gasteiger partial charge in [-0.2, -0.15) is 0 Å². The van der Waals surface area contributed by atoms with Crippen LogP contribution in [0.3, 0.4) is 0 Å². The molecule has 1 saturated carbocycles. The van der Waals surface area contributed by atoms with Gasteiger partial charge in [0.25, 0.3) is 0 Å². The number of nitrogens with zero attached hydrogens (tertiary/aromatic N) is 1. The largest absolute Gasteiger partial charge is 0.375 e. The number of hydrogen-bond acceptors (Lipinski definition) is 3. The maximum absolute atomic E-state index is 12.7. The number of ether oxygens (including phenoxy) is 1. The average molecular weight is 322 g/mol. The minimum atomic E-state index is 0.239. The van der Waals surface area contributed by atoms with Crippen LogP contribution in [0, 0.1) is 11.8 Å². The highest BCUT2D eigenvalue weighted by Crippen LogP contribution is 2.29. The van der Waals surface area contributed by atoms with Crippen LogP contribution in [-0.4, -0.2) is 48.7 Å². The molecule has 0 aromatic carbocycles. The van der Waals surface area contributed by atoms with Gasteiger partial charge in [-0.3, -0.25) is 4.79 Å². The van der Waals surface area contributed by atoms with E-state index in [1.807, 2.05) is 0 Å². The zero-order chi connectivity index (χ0) is 16.2. The predicted molar refractivity (Wildman–Crippen MR) is 92.3 cm³/mol. The number of piperidine rings is 2. The van der Waals surface area contributed by atoms with Crippen molar-refractivity contribution in [3.63, 3.8) is 0 Å². The molecular formula is C19H34N2O2. The fraction of sp³-hybridized carbons (Fsp3) is 0.947. The highest BCUT2D eigenvalue weighted by atomic mass is 16.5. The first-order chi connectivity index (χ1) is 11.1. The molecule has 0 radical (unpaired) electrons. The van der Waals surface area contributed by atoms with Gasteiger partial charge in [-0.25, -0.2) is 0 Å². The fourth-order valence-electron chi connectivity index (χ4n) is 4.46. The minimum absolute atomic E-state index is 0.239. The van der Waals surface area contributed by atoms with Crippen LogP contribution in [0.4, 0.5) is 0 Å². The molecule has 0 spiro atoms. The van der Waals surface area contributed by atoms with Gasteiger partial charge in [0.15, 0.2) is 0 Å². The Morgan fingerprint density at radius 1 is 0.957 bits per heavy atom. The van der Waals surface area contributed by atoms with Gasteiger partial charge in [-0.05, 0) is 70.8 Å². The van der Waals surface area contributed by atoms with Gasteiger partial charge in [-0.15, -0.1) is 0 Å². The van der Waals surface area contributed by atoms with Gasteiger partial charge >= 0.3 is 0 Å². The third kappa shape index (κ3) is 4.69. The molecular weight excluding hydrogens is 288 g/mol. The van der Waals surface area contributed by atoms with E-state index in [-0.39, 0.29) is 5.92 Å². The molecule has 0 aromatic rings. The lowest BCUT2D eigenvalue weighted by Gasteiger charge is -2.38. The van der Waals surface area contributed by atoms with Crippen LogP contribution in [0.25, 0.3) is 0 Å². The maximum atomic E-state index is 12.7. The Morgan fingerprint density at radius 3 is 2.26 bits per heavy atom. The molecule has 4 heteroatoms. The Morgan fingerprint density at radius 2 is 1.61 bits per heavy atom. The first kappa shape index (κ1) is 17.2. The molecule has 2 heterocycles. The number of likely N-dealkylation sites (tertiary alicyclic amines) is 1. The van der Waals surface area contributed by atoms with Crippen molar-refractivity contribution in [3.8, 4) is 0 Å². The van der Waals surface area contributed by atoms with Gasteiger partial charge < -0.3 is 15.0 Å². The number of rotatable bonds is 3. The predicted octanol–water partition coefficient (Wildman–Crippen LogP) is 2.96. The van der Waals surface area contributed by atoms with Crippen LogP contribution in [-0.2, 0) is 9.53 Å². The van der Waals surface area contributed by atoms with E-state index < -0.39 is 0 Å². The van der Waals surface area contributed by atoms with Crippen molar-refractivity contribution < 1.29 is 9.53 Å². The Hall–Kier alpha value is -0.610. The molecule has 1 aliphatic carbocycles. The van der Waals surface area contributed by atoms with E-state index in [2.05, 4.69) is 24.1 Å². The summed E-state index contributed by atoms with van der Waals surface area (Å²) in [5, 5.41) is 3.43. The number of hydrogen-bond donors (Lipinski definition) is 1. The molecule has 4 nitrogen and oxygen atoms in total. The van der Waals surface area contributed by atoms with Crippen LogP contribution in [0.1, 0.15) is 65.2 Å². The summed E-state index contributed by atoms with van der Waals surface area (Å²) in [6.45, 7) is 7.31. The molecule has 1 N–H and O–H groups in total. The summed E-state index contributed by atoms with van der Waals surface area (Å²) in [6.07, 6.45) is 9.99. The smallest absolute Gasteiger partial charge is 0.225 e. The zero-order valence-electron chi connectivity index (χ0n) is 14.9. The highest BCUT2D eigenvalue weighted by molar-refractivity contribution is 5.79. The van der Waals surface area contributed by atoms with Gasteiger partial charge in [-0.1, -0.05) is 6.92 Å². The van der Waals surface area contributed by atoms with Gasteiger partial charge in [0.2, 0.25) is 5.91 Å². The second-order valence-electron chi connectivity index (χ2n) is 8.12. The SMILES string of the molecule is CC1CCC(OC2CCN(C(=O)[C@H]3CCN[C@@H](C)C3)CC2)CC1. The lowest BCUT2D eigenvalue weighted by atomic mass is 9.88. The van der Waals surface area contributed by atoms with Gasteiger partial charge in [0.05, 0.1) is 12.2 Å². The molecule has 0 aromatic heterocycles. The van der Waals surface area contributed by atoms with Crippen LogP contribution in [0.15, 0.2) is 0 Å². The van der Waals surface area contributed by atoms with Crippen LogP contribution in [0.5, 0.6) is 0 Å². The first-order valence-corrected chi connectivity index (χ1v) is 9.79. The van der Waals surface area contributed by atoms with E-state index in [0.717, 1.165) is 51.2 Å². The molecule has 2 atom stereocenters. The van der Waals surface area contributed by atoms with E-state index in [1.54, 1.807) is 0 Å². The molecule has 132 valence electrons. The molecule has 2 saturated heterocycles. The molecule has 3 aliphatic rings. The Kier molecular flexibility index (Phi) is 5.97. The summed E-state index contributed by atoms with van der Waals surface area (Å²) in [7, 11) is 0. The standard InChI is InChI=1S/C19H34N2O2/c1-14-3-5-17(6-4-14)23-18-8-11-21(12-9-18)19(22)16-7-10-20-15(2)13-16/h14-18,20H,3-13H2,1-2H3/t14?,15-,16-,17?/m0/s1. The molecule has 1 amide bonds. The van der Waals surface area contributed by atoms with E-state index in [9.17, 15) is 4.79 Å². The number of amides is 1. The van der Waals surface area contributed by atoms with Crippen molar-refractivity contribution in [2.75, 3.05) is 19.6 Å². The Labute approximate surface area is 141 Å².